The molecule has 9 nitrogen and oxygen atoms in total. The molecule has 0 bridgehead atoms. The molecule has 2 aromatic rings. The van der Waals surface area contributed by atoms with Crippen LogP contribution >= 0.6 is 0 Å². The summed E-state index contributed by atoms with van der Waals surface area (Å²) in [6.45, 7) is 0. The van der Waals surface area contributed by atoms with Crippen LogP contribution in [0.1, 0.15) is 20.7 Å². The maximum atomic E-state index is 12.2. The smallest absolute Gasteiger partial charge is 0.273 e. The highest BCUT2D eigenvalue weighted by Gasteiger charge is 2.16. The molecule has 2 rings (SSSR count). The van der Waals surface area contributed by atoms with Crippen LogP contribution in [0.2, 0.25) is 0 Å². The van der Waals surface area contributed by atoms with Crippen LogP contribution in [-0.4, -0.2) is 31.0 Å². The molecule has 0 saturated carbocycles. The number of benzene rings is 2. The van der Waals surface area contributed by atoms with Crippen LogP contribution in [-0.2, 0) is 0 Å². The average molecular weight is 345 g/mol. The second-order valence-corrected chi connectivity index (χ2v) is 4.78. The second-order valence-electron chi connectivity index (χ2n) is 4.78. The van der Waals surface area contributed by atoms with Crippen molar-refractivity contribution in [1.29, 1.82) is 0 Å². The van der Waals surface area contributed by atoms with Gasteiger partial charge >= 0.3 is 0 Å². The van der Waals surface area contributed by atoms with E-state index in [1.807, 2.05) is 0 Å². The van der Waals surface area contributed by atoms with Crippen molar-refractivity contribution in [3.63, 3.8) is 0 Å². The molecular weight excluding hydrogens is 330 g/mol. The van der Waals surface area contributed by atoms with Crippen LogP contribution < -0.4 is 20.3 Å². The predicted octanol–water partition coefficient (Wildman–Crippen LogP) is 1.69. The van der Waals surface area contributed by atoms with Crippen LogP contribution in [0.5, 0.6) is 11.5 Å². The van der Waals surface area contributed by atoms with Crippen molar-refractivity contribution in [3.8, 4) is 11.5 Å². The minimum absolute atomic E-state index is 0.0381. The third-order valence-corrected chi connectivity index (χ3v) is 3.26. The maximum Gasteiger partial charge on any atom is 0.273 e. The Morgan fingerprint density at radius 3 is 2.36 bits per heavy atom. The lowest BCUT2D eigenvalue weighted by Crippen LogP contribution is -2.41. The van der Waals surface area contributed by atoms with E-state index in [4.69, 9.17) is 9.47 Å². The average Bonchev–Trinajstić information content (AvgIpc) is 2.65. The van der Waals surface area contributed by atoms with Gasteiger partial charge in [0.15, 0.2) is 0 Å². The first-order valence-corrected chi connectivity index (χ1v) is 7.03. The zero-order valence-corrected chi connectivity index (χ0v) is 13.4. The fourth-order valence-corrected chi connectivity index (χ4v) is 2.00. The number of hydrogen-bond acceptors (Lipinski definition) is 6. The summed E-state index contributed by atoms with van der Waals surface area (Å²) < 4.78 is 10.2. The number of rotatable bonds is 5. The zero-order chi connectivity index (χ0) is 18.4. The topological polar surface area (TPSA) is 120 Å². The number of amides is 2. The number of nitrogens with zero attached hydrogens (tertiary/aromatic N) is 1. The number of carbonyl (C=O) groups is 2. The van der Waals surface area contributed by atoms with Crippen LogP contribution in [0.15, 0.2) is 42.5 Å². The van der Waals surface area contributed by atoms with Crippen molar-refractivity contribution in [2.24, 2.45) is 0 Å². The molecule has 0 atom stereocenters. The molecule has 25 heavy (non-hydrogen) atoms. The SMILES string of the molecule is COc1ccc(C(=O)NNC(=O)c2cccc([N+](=O)[O-])c2)c(OC)c1. The first kappa shape index (κ1) is 17.7. The molecule has 2 amide bonds. The van der Waals surface area contributed by atoms with Gasteiger partial charge in [-0.25, -0.2) is 0 Å². The molecule has 0 aliphatic carbocycles. The largest absolute Gasteiger partial charge is 0.497 e. The standard InChI is InChI=1S/C16H15N3O6/c1-24-12-6-7-13(14(9-12)25-2)16(21)18-17-15(20)10-4-3-5-11(8-10)19(22)23/h3-9H,1-2H3,(H,17,20)(H,18,21). The van der Waals surface area contributed by atoms with E-state index in [0.717, 1.165) is 6.07 Å². The number of non-ortho nitro benzene ring substituents is 1. The number of methoxy groups -OCH3 is 2. The third-order valence-electron chi connectivity index (χ3n) is 3.26. The summed E-state index contributed by atoms with van der Waals surface area (Å²) in [5.74, 6) is -0.529. The summed E-state index contributed by atoms with van der Waals surface area (Å²) in [6.07, 6.45) is 0. The summed E-state index contributed by atoms with van der Waals surface area (Å²) in [4.78, 5) is 34.3. The quantitative estimate of drug-likeness (QED) is 0.628. The van der Waals surface area contributed by atoms with Crippen molar-refractivity contribution in [2.75, 3.05) is 14.2 Å². The monoisotopic (exact) mass is 345 g/mol. The fraction of sp³-hybridized carbons (Fsp3) is 0.125. The van der Waals surface area contributed by atoms with Gasteiger partial charge in [-0.05, 0) is 18.2 Å². The molecule has 0 fully saturated rings. The Morgan fingerprint density at radius 1 is 1.00 bits per heavy atom. The Bertz CT molecular complexity index is 821. The van der Waals surface area contributed by atoms with Crippen molar-refractivity contribution < 1.29 is 24.0 Å². The number of hydrogen-bond donors (Lipinski definition) is 2. The summed E-state index contributed by atoms with van der Waals surface area (Å²) in [5.41, 5.74) is 4.42. The molecule has 0 heterocycles. The molecule has 2 N–H and O–H groups in total. The Kier molecular flexibility index (Phi) is 5.51. The molecule has 130 valence electrons. The Morgan fingerprint density at radius 2 is 1.72 bits per heavy atom. The van der Waals surface area contributed by atoms with Crippen molar-refractivity contribution in [3.05, 3.63) is 63.7 Å². The van der Waals surface area contributed by atoms with Gasteiger partial charge < -0.3 is 9.47 Å². The van der Waals surface area contributed by atoms with Gasteiger partial charge in [-0.15, -0.1) is 0 Å². The van der Waals surface area contributed by atoms with Gasteiger partial charge in [-0.1, -0.05) is 6.07 Å². The van der Waals surface area contributed by atoms with Gasteiger partial charge in [0.2, 0.25) is 0 Å². The van der Waals surface area contributed by atoms with Crippen molar-refractivity contribution >= 4 is 17.5 Å². The van der Waals surface area contributed by atoms with Gasteiger partial charge in [0, 0.05) is 23.8 Å². The van der Waals surface area contributed by atoms with Gasteiger partial charge in [-0.2, -0.15) is 0 Å². The number of nitro benzene ring substituents is 1. The Labute approximate surface area is 142 Å². The minimum atomic E-state index is -0.690. The molecule has 0 radical (unpaired) electrons. The van der Waals surface area contributed by atoms with E-state index in [1.165, 1.54) is 44.6 Å². The zero-order valence-electron chi connectivity index (χ0n) is 13.4. The molecule has 0 aromatic heterocycles. The highest BCUT2D eigenvalue weighted by molar-refractivity contribution is 6.00. The lowest BCUT2D eigenvalue weighted by atomic mass is 10.2. The minimum Gasteiger partial charge on any atom is -0.497 e. The van der Waals surface area contributed by atoms with Gasteiger partial charge in [0.25, 0.3) is 17.5 Å². The van der Waals surface area contributed by atoms with E-state index in [9.17, 15) is 19.7 Å². The summed E-state index contributed by atoms with van der Waals surface area (Å²) in [7, 11) is 2.88. The maximum absolute atomic E-state index is 12.2. The Hall–Kier alpha value is -3.62. The number of ether oxygens (including phenoxy) is 2. The molecule has 9 heteroatoms. The molecule has 0 unspecified atom stereocenters. The first-order valence-electron chi connectivity index (χ1n) is 7.03. The lowest BCUT2D eigenvalue weighted by molar-refractivity contribution is -0.384. The summed E-state index contributed by atoms with van der Waals surface area (Å²) >= 11 is 0. The predicted molar refractivity (Wildman–Crippen MR) is 87.6 cm³/mol. The van der Waals surface area contributed by atoms with Gasteiger partial charge in [-0.3, -0.25) is 30.6 Å². The summed E-state index contributed by atoms with van der Waals surface area (Å²) in [5, 5.41) is 10.7. The number of nitro groups is 1. The molecule has 0 saturated heterocycles. The molecule has 2 aromatic carbocycles. The molecule has 0 spiro atoms. The van der Waals surface area contributed by atoms with Gasteiger partial charge in [0.1, 0.15) is 11.5 Å². The van der Waals surface area contributed by atoms with E-state index in [2.05, 4.69) is 10.9 Å². The fourth-order valence-electron chi connectivity index (χ4n) is 2.00. The highest BCUT2D eigenvalue weighted by atomic mass is 16.6. The number of hydrazine groups is 1. The molecular formula is C16H15N3O6. The summed E-state index contributed by atoms with van der Waals surface area (Å²) in [6, 6.07) is 9.71. The van der Waals surface area contributed by atoms with Crippen molar-refractivity contribution in [1.82, 2.24) is 10.9 Å². The van der Waals surface area contributed by atoms with E-state index in [1.54, 1.807) is 6.07 Å². The van der Waals surface area contributed by atoms with E-state index < -0.39 is 16.7 Å². The van der Waals surface area contributed by atoms with E-state index in [-0.39, 0.29) is 22.6 Å². The van der Waals surface area contributed by atoms with Crippen LogP contribution in [0.3, 0.4) is 0 Å². The van der Waals surface area contributed by atoms with Crippen LogP contribution in [0, 0.1) is 10.1 Å². The molecule has 0 aliphatic rings. The van der Waals surface area contributed by atoms with Crippen molar-refractivity contribution in [2.45, 2.75) is 0 Å². The second kappa shape index (κ2) is 7.77. The van der Waals surface area contributed by atoms with E-state index >= 15 is 0 Å². The van der Waals surface area contributed by atoms with Gasteiger partial charge in [0.05, 0.1) is 24.7 Å². The first-order chi connectivity index (χ1) is 12.0. The molecule has 0 aliphatic heterocycles. The third kappa shape index (κ3) is 4.22. The number of carbonyl (C=O) groups excluding carboxylic acids is 2. The normalized spacial score (nSPS) is 9.84. The number of nitrogens with one attached hydrogen (secondary N) is 2. The lowest BCUT2D eigenvalue weighted by Gasteiger charge is -2.11. The highest BCUT2D eigenvalue weighted by Crippen LogP contribution is 2.24. The van der Waals surface area contributed by atoms with E-state index in [0.29, 0.717) is 5.75 Å². The van der Waals surface area contributed by atoms with Crippen LogP contribution in [0.4, 0.5) is 5.69 Å². The Balaban J connectivity index is 2.08. The van der Waals surface area contributed by atoms with Crippen LogP contribution in [0.25, 0.3) is 0 Å².